The molecule has 0 aromatic rings. The third-order valence-electron chi connectivity index (χ3n) is 5.76. The number of Topliss-reactive ketones (excluding diaryl/α,β-unsaturated/α-hetero) is 1. The summed E-state index contributed by atoms with van der Waals surface area (Å²) < 4.78 is 33.5. The van der Waals surface area contributed by atoms with Crippen molar-refractivity contribution in [3.63, 3.8) is 0 Å². The van der Waals surface area contributed by atoms with Crippen LogP contribution >= 0.6 is 0 Å². The molecule has 8 N–H and O–H groups in total. The fraction of sp³-hybridized carbons (Fsp3) is 0.704. The van der Waals surface area contributed by atoms with E-state index >= 15 is 0 Å². The summed E-state index contributed by atoms with van der Waals surface area (Å²) in [5.74, 6) is -4.22. The van der Waals surface area contributed by atoms with Crippen LogP contribution in [-0.2, 0) is 34.1 Å². The molecule has 1 aliphatic rings. The SMILES string of the molecule is CC(C)C(NC(=O)[C@@H](CCN1C(=O)C=CC1=O)S(=O)(=O)O)C(=O)N[C@@H](CCCNC(N)=O)C(=O)C(C)(C)C.CCC.CN. The Hall–Kier alpha value is -3.37. The van der Waals surface area contributed by atoms with Gasteiger partial charge >= 0.3 is 6.03 Å². The van der Waals surface area contributed by atoms with Gasteiger partial charge in [0, 0.05) is 30.7 Å². The van der Waals surface area contributed by atoms with Crippen molar-refractivity contribution in [1.29, 1.82) is 0 Å². The Labute approximate surface area is 254 Å². The summed E-state index contributed by atoms with van der Waals surface area (Å²) in [6.45, 7) is 12.1. The van der Waals surface area contributed by atoms with Gasteiger partial charge in [0.2, 0.25) is 11.8 Å². The average Bonchev–Trinajstić information content (AvgIpc) is 3.20. The van der Waals surface area contributed by atoms with E-state index in [1.54, 1.807) is 34.6 Å². The Morgan fingerprint density at radius 1 is 0.953 bits per heavy atom. The molecule has 6 amide bonds. The molecule has 0 saturated carbocycles. The Morgan fingerprint density at radius 2 is 1.44 bits per heavy atom. The third kappa shape index (κ3) is 15.6. The predicted molar refractivity (Wildman–Crippen MR) is 162 cm³/mol. The molecule has 248 valence electrons. The molecule has 0 radical (unpaired) electrons. The van der Waals surface area contributed by atoms with Crippen LogP contribution in [0.15, 0.2) is 12.2 Å². The van der Waals surface area contributed by atoms with Crippen LogP contribution in [0.4, 0.5) is 4.79 Å². The number of imide groups is 1. The second-order valence-electron chi connectivity index (χ2n) is 11.0. The van der Waals surface area contributed by atoms with E-state index in [-0.39, 0.29) is 18.7 Å². The van der Waals surface area contributed by atoms with E-state index in [9.17, 15) is 41.7 Å². The number of nitrogens with two attached hydrogens (primary N) is 2. The van der Waals surface area contributed by atoms with Gasteiger partial charge in [0.1, 0.15) is 6.04 Å². The third-order valence-corrected chi connectivity index (χ3v) is 6.92. The molecule has 1 heterocycles. The minimum Gasteiger partial charge on any atom is -0.352 e. The predicted octanol–water partition coefficient (Wildman–Crippen LogP) is 0.238. The Morgan fingerprint density at radius 3 is 1.84 bits per heavy atom. The topological polar surface area (TPSA) is 248 Å². The zero-order chi connectivity index (χ0) is 34.1. The van der Waals surface area contributed by atoms with Crippen LogP contribution in [0, 0.1) is 11.3 Å². The van der Waals surface area contributed by atoms with Gasteiger partial charge in [0.15, 0.2) is 11.0 Å². The highest BCUT2D eigenvalue weighted by Crippen LogP contribution is 2.20. The molecule has 0 bridgehead atoms. The van der Waals surface area contributed by atoms with E-state index < -0.39 is 81.4 Å². The highest BCUT2D eigenvalue weighted by atomic mass is 32.2. The molecule has 0 fully saturated rings. The van der Waals surface area contributed by atoms with Gasteiger partial charge in [0.05, 0.1) is 6.04 Å². The van der Waals surface area contributed by atoms with E-state index in [0.29, 0.717) is 11.3 Å². The Balaban J connectivity index is 0. The second-order valence-corrected chi connectivity index (χ2v) is 12.6. The van der Waals surface area contributed by atoms with Crippen LogP contribution in [0.1, 0.15) is 74.1 Å². The number of carbonyl (C=O) groups excluding carboxylic acids is 6. The number of nitrogens with one attached hydrogen (secondary N) is 3. The summed E-state index contributed by atoms with van der Waals surface area (Å²) in [5, 5.41) is 5.23. The average molecular weight is 635 g/mol. The Bertz CT molecular complexity index is 1080. The maximum Gasteiger partial charge on any atom is 0.312 e. The monoisotopic (exact) mass is 634 g/mol. The number of urea groups is 1. The molecule has 1 unspecified atom stereocenters. The van der Waals surface area contributed by atoms with Crippen LogP contribution in [-0.4, -0.2) is 90.8 Å². The zero-order valence-electron chi connectivity index (χ0n) is 26.4. The fourth-order valence-corrected chi connectivity index (χ4v) is 4.41. The number of hydrogen-bond acceptors (Lipinski definition) is 9. The van der Waals surface area contributed by atoms with Gasteiger partial charge < -0.3 is 27.4 Å². The number of nitrogens with zero attached hydrogens (tertiary/aromatic N) is 1. The lowest BCUT2D eigenvalue weighted by Gasteiger charge is -2.29. The number of rotatable bonds is 14. The largest absolute Gasteiger partial charge is 0.352 e. The van der Waals surface area contributed by atoms with Crippen molar-refractivity contribution in [1.82, 2.24) is 20.9 Å². The van der Waals surface area contributed by atoms with Crippen molar-refractivity contribution in [2.45, 2.75) is 91.5 Å². The van der Waals surface area contributed by atoms with E-state index in [2.05, 4.69) is 35.5 Å². The van der Waals surface area contributed by atoms with Crippen LogP contribution in [0.25, 0.3) is 0 Å². The van der Waals surface area contributed by atoms with Crippen molar-refractivity contribution in [3.8, 4) is 0 Å². The van der Waals surface area contributed by atoms with E-state index in [4.69, 9.17) is 5.73 Å². The minimum absolute atomic E-state index is 0.153. The first-order valence-corrected chi connectivity index (χ1v) is 15.5. The van der Waals surface area contributed by atoms with E-state index in [1.807, 2.05) is 0 Å². The molecular formula is C27H50N6O9S. The molecule has 0 aliphatic carbocycles. The summed E-state index contributed by atoms with van der Waals surface area (Å²) in [4.78, 5) is 74.0. The molecule has 3 atom stereocenters. The number of hydrogen-bond donors (Lipinski definition) is 6. The van der Waals surface area contributed by atoms with Gasteiger partial charge in [-0.05, 0) is 32.2 Å². The first-order valence-electron chi connectivity index (χ1n) is 14.0. The summed E-state index contributed by atoms with van der Waals surface area (Å²) in [5.41, 5.74) is 8.70. The number of amides is 6. The molecule has 1 aliphatic heterocycles. The van der Waals surface area contributed by atoms with Gasteiger partial charge in [-0.25, -0.2) is 4.79 Å². The van der Waals surface area contributed by atoms with Crippen LogP contribution in [0.2, 0.25) is 0 Å². The van der Waals surface area contributed by atoms with Gasteiger partial charge in [0.25, 0.3) is 21.9 Å². The first kappa shape index (κ1) is 41.8. The molecule has 0 aromatic heterocycles. The fourth-order valence-electron chi connectivity index (χ4n) is 3.67. The van der Waals surface area contributed by atoms with Crippen LogP contribution < -0.4 is 27.4 Å². The lowest BCUT2D eigenvalue weighted by atomic mass is 9.84. The standard InChI is InChI=1S/C23H37N5O9S.C3H8.CH5N/c1-13(2)18(21(33)26-14(19(31)23(3,4)5)7-6-11-25-22(24)34)27-20(32)15(38(35,36)37)10-12-28-16(29)8-9-17(28)30;1-3-2;1-2/h8-9,13-15,18H,6-7,10-12H2,1-5H3,(H,26,33)(H,27,32)(H3,24,25,34)(H,35,36,37);3H2,1-2H3;2H2,1H3/t14-,15+,18?;;/m0../s1. The Kier molecular flexibility index (Phi) is 19.2. The van der Waals surface area contributed by atoms with Crippen LogP contribution in [0.5, 0.6) is 0 Å². The van der Waals surface area contributed by atoms with Gasteiger partial charge in [-0.1, -0.05) is 54.9 Å². The minimum atomic E-state index is -4.98. The van der Waals surface area contributed by atoms with Crippen molar-refractivity contribution < 1.29 is 41.7 Å². The van der Waals surface area contributed by atoms with Crippen molar-refractivity contribution in [2.75, 3.05) is 20.1 Å². The molecular weight excluding hydrogens is 584 g/mol. The van der Waals surface area contributed by atoms with Gasteiger partial charge in [-0.3, -0.25) is 33.4 Å². The first-order chi connectivity index (χ1) is 19.8. The van der Waals surface area contributed by atoms with Crippen LogP contribution in [0.3, 0.4) is 0 Å². The summed E-state index contributed by atoms with van der Waals surface area (Å²) >= 11 is 0. The summed E-state index contributed by atoms with van der Waals surface area (Å²) in [7, 11) is -3.48. The quantitative estimate of drug-likeness (QED) is 0.0862. The van der Waals surface area contributed by atoms with E-state index in [1.165, 1.54) is 13.5 Å². The van der Waals surface area contributed by atoms with Crippen molar-refractivity contribution in [2.24, 2.45) is 22.8 Å². The molecule has 16 heteroatoms. The number of carbonyl (C=O) groups is 6. The summed E-state index contributed by atoms with van der Waals surface area (Å²) in [6.07, 6.45) is 3.09. The second kappa shape index (κ2) is 19.7. The molecule has 0 spiro atoms. The molecule has 0 saturated heterocycles. The lowest BCUT2D eigenvalue weighted by molar-refractivity contribution is -0.137. The summed E-state index contributed by atoms with van der Waals surface area (Å²) in [6, 6.07) is -3.01. The normalized spacial score (nSPS) is 14.9. The molecule has 15 nitrogen and oxygen atoms in total. The highest BCUT2D eigenvalue weighted by Gasteiger charge is 2.38. The number of ketones is 1. The zero-order valence-corrected chi connectivity index (χ0v) is 27.2. The van der Waals surface area contributed by atoms with Crippen molar-refractivity contribution >= 4 is 45.6 Å². The lowest BCUT2D eigenvalue weighted by Crippen LogP contribution is -2.57. The van der Waals surface area contributed by atoms with Crippen molar-refractivity contribution in [3.05, 3.63) is 12.2 Å². The maximum atomic E-state index is 13.1. The molecule has 1 rings (SSSR count). The smallest absolute Gasteiger partial charge is 0.312 e. The highest BCUT2D eigenvalue weighted by molar-refractivity contribution is 7.87. The van der Waals surface area contributed by atoms with Gasteiger partial charge in [-0.2, -0.15) is 8.42 Å². The molecule has 0 aromatic carbocycles. The number of primary amides is 1. The van der Waals surface area contributed by atoms with E-state index in [0.717, 1.165) is 12.2 Å². The van der Waals surface area contributed by atoms with Gasteiger partial charge in [-0.15, -0.1) is 0 Å². The molecule has 43 heavy (non-hydrogen) atoms. The maximum absolute atomic E-state index is 13.1.